The topological polar surface area (TPSA) is 45.5 Å². The molecular formula is C18H22N2O2. The van der Waals surface area contributed by atoms with Crippen LogP contribution in [-0.4, -0.2) is 24.0 Å². The Morgan fingerprint density at radius 2 is 1.86 bits per heavy atom. The highest BCUT2D eigenvalue weighted by molar-refractivity contribution is 5.93. The van der Waals surface area contributed by atoms with Crippen LogP contribution in [-0.2, 0) is 12.8 Å². The standard InChI is InChI=1S/C18H22N2O2/c21-18(20-10-4-5-11-20)19-13-8-9-17-15(12-13)14-6-2-1-3-7-16(14)22-17/h8-9,12H,1-7,10-11H2,(H,19,21). The lowest BCUT2D eigenvalue weighted by molar-refractivity contribution is 0.222. The lowest BCUT2D eigenvalue weighted by atomic mass is 10.1. The van der Waals surface area contributed by atoms with E-state index in [1.807, 2.05) is 17.0 Å². The summed E-state index contributed by atoms with van der Waals surface area (Å²) in [5, 5.41) is 4.21. The molecule has 1 aliphatic carbocycles. The minimum atomic E-state index is 0.0198. The molecule has 0 saturated carbocycles. The van der Waals surface area contributed by atoms with E-state index in [0.717, 1.165) is 55.8 Å². The molecule has 2 heterocycles. The van der Waals surface area contributed by atoms with Crippen LogP contribution in [0.2, 0.25) is 0 Å². The first-order valence-corrected chi connectivity index (χ1v) is 8.41. The number of aryl methyl sites for hydroxylation is 2. The molecule has 0 radical (unpaired) electrons. The van der Waals surface area contributed by atoms with Gasteiger partial charge >= 0.3 is 6.03 Å². The second kappa shape index (κ2) is 5.67. The highest BCUT2D eigenvalue weighted by atomic mass is 16.3. The van der Waals surface area contributed by atoms with Crippen molar-refractivity contribution in [1.29, 1.82) is 0 Å². The molecule has 0 atom stereocenters. The van der Waals surface area contributed by atoms with Crippen molar-refractivity contribution in [3.63, 3.8) is 0 Å². The molecule has 2 aliphatic rings. The maximum absolute atomic E-state index is 12.2. The minimum Gasteiger partial charge on any atom is -0.461 e. The number of hydrogen-bond acceptors (Lipinski definition) is 2. The molecular weight excluding hydrogens is 276 g/mol. The van der Waals surface area contributed by atoms with E-state index in [0.29, 0.717) is 0 Å². The predicted molar refractivity (Wildman–Crippen MR) is 87.3 cm³/mol. The molecule has 116 valence electrons. The van der Waals surface area contributed by atoms with Crippen LogP contribution in [0.5, 0.6) is 0 Å². The smallest absolute Gasteiger partial charge is 0.321 e. The first kappa shape index (κ1) is 13.7. The highest BCUT2D eigenvalue weighted by Crippen LogP contribution is 2.32. The molecule has 0 bridgehead atoms. The molecule has 1 aromatic heterocycles. The van der Waals surface area contributed by atoms with Gasteiger partial charge in [0.2, 0.25) is 0 Å². The second-order valence-electron chi connectivity index (χ2n) is 6.40. The monoisotopic (exact) mass is 298 g/mol. The Kier molecular flexibility index (Phi) is 3.53. The molecule has 1 saturated heterocycles. The molecule has 1 aromatic carbocycles. The average molecular weight is 298 g/mol. The number of amides is 2. The van der Waals surface area contributed by atoms with Crippen molar-refractivity contribution in [2.75, 3.05) is 18.4 Å². The maximum atomic E-state index is 12.2. The molecule has 4 nitrogen and oxygen atoms in total. The van der Waals surface area contributed by atoms with Gasteiger partial charge in [-0.05, 0) is 50.3 Å². The number of benzene rings is 1. The third-order valence-electron chi connectivity index (χ3n) is 4.85. The van der Waals surface area contributed by atoms with E-state index in [1.165, 1.54) is 30.2 Å². The SMILES string of the molecule is O=C(Nc1ccc2oc3c(c2c1)CCCCC3)N1CCCC1. The van der Waals surface area contributed by atoms with Crippen LogP contribution in [0.4, 0.5) is 10.5 Å². The van der Waals surface area contributed by atoms with Crippen molar-refractivity contribution < 1.29 is 9.21 Å². The zero-order valence-electron chi connectivity index (χ0n) is 12.9. The number of nitrogens with one attached hydrogen (secondary N) is 1. The van der Waals surface area contributed by atoms with Gasteiger partial charge in [-0.1, -0.05) is 6.42 Å². The Morgan fingerprint density at radius 3 is 2.73 bits per heavy atom. The van der Waals surface area contributed by atoms with Crippen LogP contribution in [0, 0.1) is 0 Å². The maximum Gasteiger partial charge on any atom is 0.321 e. The molecule has 2 aromatic rings. The van der Waals surface area contributed by atoms with Crippen LogP contribution in [0.3, 0.4) is 0 Å². The van der Waals surface area contributed by atoms with Gasteiger partial charge in [0.25, 0.3) is 0 Å². The quantitative estimate of drug-likeness (QED) is 0.796. The first-order chi connectivity index (χ1) is 10.8. The van der Waals surface area contributed by atoms with E-state index in [2.05, 4.69) is 11.4 Å². The van der Waals surface area contributed by atoms with Gasteiger partial charge < -0.3 is 14.6 Å². The Labute approximate surface area is 130 Å². The van der Waals surface area contributed by atoms with Crippen LogP contribution in [0.25, 0.3) is 11.0 Å². The summed E-state index contributed by atoms with van der Waals surface area (Å²) in [6.07, 6.45) is 8.07. The van der Waals surface area contributed by atoms with Gasteiger partial charge in [-0.15, -0.1) is 0 Å². The third-order valence-corrected chi connectivity index (χ3v) is 4.85. The Hall–Kier alpha value is -1.97. The molecule has 4 heteroatoms. The summed E-state index contributed by atoms with van der Waals surface area (Å²) in [7, 11) is 0. The van der Waals surface area contributed by atoms with Gasteiger partial charge in [0.1, 0.15) is 11.3 Å². The normalized spacial score (nSPS) is 18.3. The van der Waals surface area contributed by atoms with E-state index in [9.17, 15) is 4.79 Å². The van der Waals surface area contributed by atoms with E-state index in [1.54, 1.807) is 0 Å². The van der Waals surface area contributed by atoms with Crippen molar-refractivity contribution in [2.24, 2.45) is 0 Å². The number of hydrogen-bond donors (Lipinski definition) is 1. The molecule has 1 fully saturated rings. The van der Waals surface area contributed by atoms with E-state index < -0.39 is 0 Å². The van der Waals surface area contributed by atoms with Crippen LogP contribution in [0.15, 0.2) is 22.6 Å². The van der Waals surface area contributed by atoms with Gasteiger partial charge in [0.15, 0.2) is 0 Å². The number of anilines is 1. The van der Waals surface area contributed by atoms with E-state index >= 15 is 0 Å². The number of furan rings is 1. The third kappa shape index (κ3) is 2.47. The van der Waals surface area contributed by atoms with Crippen LogP contribution >= 0.6 is 0 Å². The second-order valence-corrected chi connectivity index (χ2v) is 6.40. The fraction of sp³-hybridized carbons (Fsp3) is 0.500. The number of nitrogens with zero attached hydrogens (tertiary/aromatic N) is 1. The van der Waals surface area contributed by atoms with Crippen molar-refractivity contribution in [3.05, 3.63) is 29.5 Å². The fourth-order valence-corrected chi connectivity index (χ4v) is 3.64. The molecule has 1 N–H and O–H groups in total. The molecule has 1 aliphatic heterocycles. The molecule has 4 rings (SSSR count). The van der Waals surface area contributed by atoms with Gasteiger partial charge in [-0.3, -0.25) is 0 Å². The summed E-state index contributed by atoms with van der Waals surface area (Å²) in [5.41, 5.74) is 3.17. The number of carbonyl (C=O) groups is 1. The Balaban J connectivity index is 1.62. The average Bonchev–Trinajstić information content (AvgIpc) is 3.10. The van der Waals surface area contributed by atoms with E-state index in [-0.39, 0.29) is 6.03 Å². The summed E-state index contributed by atoms with van der Waals surface area (Å²) < 4.78 is 6.01. The van der Waals surface area contributed by atoms with Crippen LogP contribution in [0.1, 0.15) is 43.4 Å². The van der Waals surface area contributed by atoms with Crippen molar-refractivity contribution in [3.8, 4) is 0 Å². The van der Waals surface area contributed by atoms with Gasteiger partial charge in [-0.2, -0.15) is 0 Å². The number of rotatable bonds is 1. The Bertz CT molecular complexity index is 698. The van der Waals surface area contributed by atoms with Crippen LogP contribution < -0.4 is 5.32 Å². The first-order valence-electron chi connectivity index (χ1n) is 8.41. The molecule has 22 heavy (non-hydrogen) atoms. The lowest BCUT2D eigenvalue weighted by Gasteiger charge is -2.16. The molecule has 0 spiro atoms. The van der Waals surface area contributed by atoms with Crippen molar-refractivity contribution in [2.45, 2.75) is 44.9 Å². The summed E-state index contributed by atoms with van der Waals surface area (Å²) in [6.45, 7) is 1.74. The Morgan fingerprint density at radius 1 is 1.05 bits per heavy atom. The van der Waals surface area contributed by atoms with Crippen molar-refractivity contribution >= 4 is 22.7 Å². The number of likely N-dealkylation sites (tertiary alicyclic amines) is 1. The lowest BCUT2D eigenvalue weighted by Crippen LogP contribution is -2.32. The molecule has 2 amide bonds. The summed E-state index contributed by atoms with van der Waals surface area (Å²) >= 11 is 0. The number of urea groups is 1. The molecule has 0 unspecified atom stereocenters. The largest absolute Gasteiger partial charge is 0.461 e. The predicted octanol–water partition coefficient (Wildman–Crippen LogP) is 4.33. The summed E-state index contributed by atoms with van der Waals surface area (Å²) in [6, 6.07) is 6.03. The highest BCUT2D eigenvalue weighted by Gasteiger charge is 2.19. The van der Waals surface area contributed by atoms with Gasteiger partial charge in [0.05, 0.1) is 0 Å². The van der Waals surface area contributed by atoms with Gasteiger partial charge in [-0.25, -0.2) is 4.79 Å². The van der Waals surface area contributed by atoms with Gasteiger partial charge in [0, 0.05) is 36.1 Å². The number of carbonyl (C=O) groups excluding carboxylic acids is 1. The fourth-order valence-electron chi connectivity index (χ4n) is 3.64. The summed E-state index contributed by atoms with van der Waals surface area (Å²) in [5.74, 6) is 1.15. The zero-order valence-corrected chi connectivity index (χ0v) is 12.9. The number of fused-ring (bicyclic) bond motifs is 3. The zero-order chi connectivity index (χ0) is 14.9. The minimum absolute atomic E-state index is 0.0198. The van der Waals surface area contributed by atoms with E-state index in [4.69, 9.17) is 4.42 Å². The summed E-state index contributed by atoms with van der Waals surface area (Å²) in [4.78, 5) is 14.1. The van der Waals surface area contributed by atoms with Crippen molar-refractivity contribution in [1.82, 2.24) is 4.90 Å².